The number of hydrogen-bond acceptors (Lipinski definition) is 3. The Kier molecular flexibility index (Phi) is 4.93. The fraction of sp³-hybridized carbons (Fsp3) is 0.167. The second kappa shape index (κ2) is 6.00. The molecule has 17 heavy (non-hydrogen) atoms. The molecule has 0 spiro atoms. The van der Waals surface area contributed by atoms with Gasteiger partial charge in [-0.3, -0.25) is 4.98 Å². The number of carboxylic acid groups (broad SMARTS) is 1. The van der Waals surface area contributed by atoms with Gasteiger partial charge in [-0.05, 0) is 31.2 Å². The zero-order valence-electron chi connectivity index (χ0n) is 10.8. The van der Waals surface area contributed by atoms with Crippen LogP contribution in [0.25, 0.3) is 10.9 Å². The first kappa shape index (κ1) is 14.0. The van der Waals surface area contributed by atoms with E-state index in [-0.39, 0.29) is 31.0 Å². The van der Waals surface area contributed by atoms with Crippen molar-refractivity contribution in [1.82, 2.24) is 4.98 Å². The van der Waals surface area contributed by atoms with Crippen LogP contribution in [-0.4, -0.2) is 22.2 Å². The molecule has 0 saturated carbocycles. The van der Waals surface area contributed by atoms with Crippen molar-refractivity contribution < 1.29 is 45.6 Å². The molecule has 1 N–H and O–H groups in total. The summed E-state index contributed by atoms with van der Waals surface area (Å²) in [6, 6.07) is 9.03. The van der Waals surface area contributed by atoms with Gasteiger partial charge in [0.05, 0.1) is 5.52 Å². The molecule has 0 fully saturated rings. The third-order valence-corrected chi connectivity index (χ3v) is 2.26. The van der Waals surface area contributed by atoms with E-state index in [1.807, 2.05) is 12.1 Å². The first-order chi connectivity index (χ1) is 7.68. The topological polar surface area (TPSA) is 59.4 Å². The van der Waals surface area contributed by atoms with Gasteiger partial charge in [0.15, 0.2) is 6.10 Å². The fourth-order valence-electron chi connectivity index (χ4n) is 1.42. The molecule has 1 aromatic carbocycles. The summed E-state index contributed by atoms with van der Waals surface area (Å²) in [5.41, 5.74) is 0.789. The zero-order chi connectivity index (χ0) is 11.5. The molecule has 5 heteroatoms. The Labute approximate surface area is 122 Å². The fourth-order valence-corrected chi connectivity index (χ4v) is 1.42. The van der Waals surface area contributed by atoms with Gasteiger partial charge in [-0.2, -0.15) is 0 Å². The van der Waals surface area contributed by atoms with Crippen LogP contribution < -0.4 is 34.3 Å². The zero-order valence-corrected chi connectivity index (χ0v) is 11.8. The predicted octanol–water partition coefficient (Wildman–Crippen LogP) is -0.797. The van der Waals surface area contributed by atoms with Crippen molar-refractivity contribution in [2.75, 3.05) is 0 Å². The van der Waals surface area contributed by atoms with E-state index >= 15 is 0 Å². The van der Waals surface area contributed by atoms with Gasteiger partial charge in [0.2, 0.25) is 0 Å². The van der Waals surface area contributed by atoms with Crippen molar-refractivity contribution in [2.45, 2.75) is 13.0 Å². The van der Waals surface area contributed by atoms with Crippen molar-refractivity contribution in [3.63, 3.8) is 0 Å². The Hall–Kier alpha value is -1.10. The van der Waals surface area contributed by atoms with Crippen molar-refractivity contribution in [1.29, 1.82) is 0 Å². The van der Waals surface area contributed by atoms with Crippen LogP contribution in [0.15, 0.2) is 36.5 Å². The summed E-state index contributed by atoms with van der Waals surface area (Å²) in [5.74, 6) is -0.443. The largest absolute Gasteiger partial charge is 1.00 e. The van der Waals surface area contributed by atoms with Crippen LogP contribution in [0.3, 0.4) is 0 Å². The number of nitrogens with zero attached hydrogens (tertiary/aromatic N) is 1. The van der Waals surface area contributed by atoms with Gasteiger partial charge in [0.25, 0.3) is 0 Å². The molecule has 0 aliphatic heterocycles. The summed E-state index contributed by atoms with van der Waals surface area (Å²) in [5, 5.41) is 9.59. The summed E-state index contributed by atoms with van der Waals surface area (Å²) in [7, 11) is 0. The molecule has 2 aromatic rings. The molecule has 2 rings (SSSR count). The molecule has 1 aromatic heterocycles. The number of aliphatic carboxylic acids is 1. The Morgan fingerprint density at radius 1 is 1.41 bits per heavy atom. The Bertz CT molecular complexity index is 530. The first-order valence-corrected chi connectivity index (χ1v) is 4.91. The summed E-state index contributed by atoms with van der Waals surface area (Å²) < 4.78 is 5.35. The number of fused-ring (bicyclic) bond motifs is 1. The quantitative estimate of drug-likeness (QED) is 0.715. The van der Waals surface area contributed by atoms with E-state index in [1.54, 1.807) is 24.4 Å². The van der Waals surface area contributed by atoms with Gasteiger partial charge < -0.3 is 11.3 Å². The van der Waals surface area contributed by atoms with E-state index < -0.39 is 12.1 Å². The van der Waals surface area contributed by atoms with Crippen LogP contribution in [0.5, 0.6) is 5.75 Å². The van der Waals surface area contributed by atoms with E-state index in [2.05, 4.69) is 4.98 Å². The molecule has 0 bridgehead atoms. The molecule has 84 valence electrons. The number of ether oxygens (including phenoxy) is 1. The van der Waals surface area contributed by atoms with Crippen LogP contribution in [0.2, 0.25) is 0 Å². The summed E-state index contributed by atoms with van der Waals surface area (Å²) >= 11 is 0. The number of rotatable bonds is 3. The monoisotopic (exact) mass is 241 g/mol. The second-order valence-corrected chi connectivity index (χ2v) is 3.42. The minimum atomic E-state index is -0.985. The summed E-state index contributed by atoms with van der Waals surface area (Å²) in [4.78, 5) is 14.9. The SMILES string of the molecule is C[C@H](Oc1cccc2ncccc12)C(=O)O.[H-].[Na+]. The van der Waals surface area contributed by atoms with Gasteiger partial charge in [-0.15, -0.1) is 0 Å². The van der Waals surface area contributed by atoms with E-state index in [9.17, 15) is 4.79 Å². The molecule has 0 saturated heterocycles. The number of pyridine rings is 1. The Balaban J connectivity index is 0.00000144. The average Bonchev–Trinajstić information content (AvgIpc) is 2.29. The standard InChI is InChI=1S/C12H11NO3.Na.H/c1-8(12(14)15)16-11-6-2-5-10-9(11)4-3-7-13-10;;/h2-8H,1H3,(H,14,15);;/q;+1;-1/t8-;;/m0../s1. The van der Waals surface area contributed by atoms with Crippen LogP contribution >= 0.6 is 0 Å². The molecule has 0 aliphatic carbocycles. The molecule has 1 heterocycles. The van der Waals surface area contributed by atoms with Crippen molar-refractivity contribution in [3.05, 3.63) is 36.5 Å². The number of benzene rings is 1. The van der Waals surface area contributed by atoms with Crippen molar-refractivity contribution in [3.8, 4) is 5.75 Å². The maximum atomic E-state index is 10.7. The van der Waals surface area contributed by atoms with Gasteiger partial charge in [-0.25, -0.2) is 4.79 Å². The van der Waals surface area contributed by atoms with Crippen LogP contribution in [-0.2, 0) is 4.79 Å². The predicted molar refractivity (Wildman–Crippen MR) is 60.6 cm³/mol. The molecule has 0 aliphatic rings. The number of carboxylic acids is 1. The smallest absolute Gasteiger partial charge is 1.00 e. The molecular formula is C12H12NNaO3. The van der Waals surface area contributed by atoms with Crippen molar-refractivity contribution >= 4 is 16.9 Å². The van der Waals surface area contributed by atoms with Gasteiger partial charge in [0.1, 0.15) is 5.75 Å². The third-order valence-electron chi connectivity index (χ3n) is 2.26. The van der Waals surface area contributed by atoms with Gasteiger partial charge >= 0.3 is 35.5 Å². The van der Waals surface area contributed by atoms with Crippen molar-refractivity contribution in [2.24, 2.45) is 0 Å². The molecule has 0 radical (unpaired) electrons. The summed E-state index contributed by atoms with van der Waals surface area (Å²) in [6.07, 6.45) is 0.818. The first-order valence-electron chi connectivity index (χ1n) is 4.91. The third kappa shape index (κ3) is 3.19. The maximum absolute atomic E-state index is 10.7. The Morgan fingerprint density at radius 2 is 2.18 bits per heavy atom. The number of carbonyl (C=O) groups is 1. The Morgan fingerprint density at radius 3 is 2.88 bits per heavy atom. The van der Waals surface area contributed by atoms with Gasteiger partial charge in [-0.1, -0.05) is 6.07 Å². The van der Waals surface area contributed by atoms with Gasteiger partial charge in [0, 0.05) is 11.6 Å². The van der Waals surface area contributed by atoms with Crippen LogP contribution in [0.4, 0.5) is 0 Å². The van der Waals surface area contributed by atoms with Crippen LogP contribution in [0, 0.1) is 0 Å². The molecule has 0 amide bonds. The van der Waals surface area contributed by atoms with E-state index in [0.717, 1.165) is 10.9 Å². The van der Waals surface area contributed by atoms with E-state index in [4.69, 9.17) is 9.84 Å². The molecule has 4 nitrogen and oxygen atoms in total. The van der Waals surface area contributed by atoms with Crippen LogP contribution in [0.1, 0.15) is 8.35 Å². The maximum Gasteiger partial charge on any atom is 1.00 e. The number of hydrogen-bond donors (Lipinski definition) is 1. The number of aromatic nitrogens is 1. The molecule has 1 atom stereocenters. The second-order valence-electron chi connectivity index (χ2n) is 3.42. The molecule has 0 unspecified atom stereocenters. The van der Waals surface area contributed by atoms with E-state index in [1.165, 1.54) is 6.92 Å². The summed E-state index contributed by atoms with van der Waals surface area (Å²) in [6.45, 7) is 1.50. The minimum Gasteiger partial charge on any atom is -1.00 e. The molecular weight excluding hydrogens is 229 g/mol. The average molecular weight is 241 g/mol. The minimum absolute atomic E-state index is 0. The normalized spacial score (nSPS) is 11.6. The van der Waals surface area contributed by atoms with E-state index in [0.29, 0.717) is 5.75 Å².